The molecular weight excluding hydrogens is 204 g/mol. The molecule has 1 aliphatic carbocycles. The third kappa shape index (κ3) is 3.46. The van der Waals surface area contributed by atoms with Crippen LogP contribution in [-0.2, 0) is 4.79 Å². The van der Waals surface area contributed by atoms with E-state index in [1.807, 2.05) is 13.8 Å². The lowest BCUT2D eigenvalue weighted by Gasteiger charge is -2.34. The van der Waals surface area contributed by atoms with Crippen molar-refractivity contribution in [2.24, 2.45) is 17.6 Å². The molecule has 3 atom stereocenters. The number of hydrogen-bond acceptors (Lipinski definition) is 3. The molecule has 4 N–H and O–H groups in total. The number of rotatable bonds is 5. The quantitative estimate of drug-likeness (QED) is 0.661. The van der Waals surface area contributed by atoms with Crippen LogP contribution >= 0.6 is 0 Å². The first-order valence-corrected chi connectivity index (χ1v) is 6.25. The smallest absolute Gasteiger partial charge is 0.320 e. The van der Waals surface area contributed by atoms with Crippen LogP contribution in [0.5, 0.6) is 0 Å². The Bertz CT molecular complexity index is 231. The van der Waals surface area contributed by atoms with Gasteiger partial charge >= 0.3 is 5.97 Å². The lowest BCUT2D eigenvalue weighted by molar-refractivity contribution is -0.141. The van der Waals surface area contributed by atoms with Crippen LogP contribution in [0.3, 0.4) is 0 Å². The Labute approximate surface area is 97.6 Å². The fourth-order valence-electron chi connectivity index (χ4n) is 2.49. The van der Waals surface area contributed by atoms with Gasteiger partial charge in [0.2, 0.25) is 0 Å². The van der Waals surface area contributed by atoms with Crippen LogP contribution in [0.15, 0.2) is 0 Å². The van der Waals surface area contributed by atoms with Crippen molar-refractivity contribution >= 4 is 5.97 Å². The van der Waals surface area contributed by atoms with Gasteiger partial charge in [-0.3, -0.25) is 4.79 Å². The number of carbonyl (C=O) groups is 1. The van der Waals surface area contributed by atoms with Crippen molar-refractivity contribution in [2.75, 3.05) is 6.54 Å². The molecule has 1 rings (SSSR count). The molecule has 0 aromatic heterocycles. The van der Waals surface area contributed by atoms with Crippen LogP contribution in [0, 0.1) is 11.8 Å². The van der Waals surface area contributed by atoms with E-state index in [1.54, 1.807) is 0 Å². The highest BCUT2D eigenvalue weighted by molar-refractivity contribution is 5.73. The Morgan fingerprint density at radius 3 is 2.56 bits per heavy atom. The Hall–Kier alpha value is -0.610. The number of carboxylic acid groups (broad SMARTS) is 1. The van der Waals surface area contributed by atoms with E-state index in [0.29, 0.717) is 12.5 Å². The first-order valence-electron chi connectivity index (χ1n) is 6.25. The van der Waals surface area contributed by atoms with Gasteiger partial charge in [0.05, 0.1) is 0 Å². The summed E-state index contributed by atoms with van der Waals surface area (Å²) in [6, 6.07) is -0.167. The van der Waals surface area contributed by atoms with Crippen molar-refractivity contribution < 1.29 is 9.90 Å². The fraction of sp³-hybridized carbons (Fsp3) is 0.917. The zero-order chi connectivity index (χ0) is 12.1. The van der Waals surface area contributed by atoms with Gasteiger partial charge in [-0.2, -0.15) is 0 Å². The van der Waals surface area contributed by atoms with Gasteiger partial charge < -0.3 is 16.2 Å². The van der Waals surface area contributed by atoms with E-state index in [0.717, 1.165) is 12.8 Å². The standard InChI is InChI=1S/C12H24N2O2/c1-8(2)11(12(15)16)14-10-6-4-3-5-9(10)7-13/h8-11,14H,3-7,13H2,1-2H3,(H,15,16). The van der Waals surface area contributed by atoms with Crippen molar-refractivity contribution in [1.29, 1.82) is 0 Å². The average molecular weight is 228 g/mol. The normalized spacial score (nSPS) is 28.0. The minimum atomic E-state index is -0.753. The number of hydrogen-bond donors (Lipinski definition) is 3. The molecule has 0 spiro atoms. The molecule has 0 heterocycles. The molecule has 0 aromatic rings. The second-order valence-corrected chi connectivity index (χ2v) is 5.11. The molecule has 0 aromatic carbocycles. The predicted molar refractivity (Wildman–Crippen MR) is 64.2 cm³/mol. The Morgan fingerprint density at radius 2 is 2.06 bits per heavy atom. The summed E-state index contributed by atoms with van der Waals surface area (Å²) in [7, 11) is 0. The van der Waals surface area contributed by atoms with Crippen LogP contribution in [-0.4, -0.2) is 29.7 Å². The van der Waals surface area contributed by atoms with Crippen molar-refractivity contribution in [2.45, 2.75) is 51.6 Å². The van der Waals surface area contributed by atoms with Gasteiger partial charge in [-0.05, 0) is 31.2 Å². The maximum absolute atomic E-state index is 11.1. The molecule has 1 fully saturated rings. The molecule has 0 bridgehead atoms. The molecule has 0 saturated heterocycles. The van der Waals surface area contributed by atoms with E-state index in [4.69, 9.17) is 10.8 Å². The van der Waals surface area contributed by atoms with Crippen LogP contribution in [0.25, 0.3) is 0 Å². The zero-order valence-electron chi connectivity index (χ0n) is 10.3. The van der Waals surface area contributed by atoms with Gasteiger partial charge in [-0.25, -0.2) is 0 Å². The molecule has 4 heteroatoms. The number of aliphatic carboxylic acids is 1. The first kappa shape index (κ1) is 13.5. The number of nitrogens with one attached hydrogen (secondary N) is 1. The summed E-state index contributed by atoms with van der Waals surface area (Å²) < 4.78 is 0. The average Bonchev–Trinajstić information content (AvgIpc) is 2.25. The van der Waals surface area contributed by atoms with Crippen molar-refractivity contribution in [3.8, 4) is 0 Å². The molecule has 3 unspecified atom stereocenters. The number of carboxylic acids is 1. The molecule has 0 amide bonds. The molecule has 1 saturated carbocycles. The molecule has 4 nitrogen and oxygen atoms in total. The lowest BCUT2D eigenvalue weighted by Crippen LogP contribution is -2.51. The zero-order valence-corrected chi connectivity index (χ0v) is 10.3. The van der Waals surface area contributed by atoms with Crippen molar-refractivity contribution in [3.63, 3.8) is 0 Å². The summed E-state index contributed by atoms with van der Waals surface area (Å²) in [4.78, 5) is 11.1. The van der Waals surface area contributed by atoms with E-state index in [2.05, 4.69) is 5.32 Å². The van der Waals surface area contributed by atoms with Gasteiger partial charge in [-0.15, -0.1) is 0 Å². The predicted octanol–water partition coefficient (Wildman–Crippen LogP) is 1.20. The SMILES string of the molecule is CC(C)C(NC1CCCCC1CN)C(=O)O. The lowest BCUT2D eigenvalue weighted by atomic mass is 9.83. The topological polar surface area (TPSA) is 75.3 Å². The molecule has 1 aliphatic rings. The minimum Gasteiger partial charge on any atom is -0.480 e. The summed E-state index contributed by atoms with van der Waals surface area (Å²) in [5.41, 5.74) is 5.73. The largest absolute Gasteiger partial charge is 0.480 e. The monoisotopic (exact) mass is 228 g/mol. The fourth-order valence-corrected chi connectivity index (χ4v) is 2.49. The van der Waals surface area contributed by atoms with E-state index in [1.165, 1.54) is 12.8 Å². The summed E-state index contributed by atoms with van der Waals surface area (Å²) in [5, 5.41) is 12.4. The molecule has 0 aliphatic heterocycles. The second kappa shape index (κ2) is 6.21. The molecular formula is C12H24N2O2. The second-order valence-electron chi connectivity index (χ2n) is 5.11. The molecule has 16 heavy (non-hydrogen) atoms. The highest BCUT2D eigenvalue weighted by Gasteiger charge is 2.30. The molecule has 0 radical (unpaired) electrons. The van der Waals surface area contributed by atoms with Crippen LogP contribution in [0.1, 0.15) is 39.5 Å². The van der Waals surface area contributed by atoms with Gasteiger partial charge in [0.1, 0.15) is 6.04 Å². The van der Waals surface area contributed by atoms with Gasteiger partial charge in [-0.1, -0.05) is 26.7 Å². The minimum absolute atomic E-state index is 0.109. The van der Waals surface area contributed by atoms with E-state index < -0.39 is 12.0 Å². The van der Waals surface area contributed by atoms with Crippen LogP contribution in [0.4, 0.5) is 0 Å². The van der Waals surface area contributed by atoms with Gasteiger partial charge in [0.25, 0.3) is 0 Å². The van der Waals surface area contributed by atoms with Crippen molar-refractivity contribution in [1.82, 2.24) is 5.32 Å². The third-order valence-electron chi connectivity index (χ3n) is 3.54. The third-order valence-corrected chi connectivity index (χ3v) is 3.54. The highest BCUT2D eigenvalue weighted by Crippen LogP contribution is 2.24. The summed E-state index contributed by atoms with van der Waals surface area (Å²) in [6.45, 7) is 4.53. The first-order chi connectivity index (χ1) is 7.56. The van der Waals surface area contributed by atoms with E-state index in [9.17, 15) is 4.79 Å². The summed E-state index contributed by atoms with van der Waals surface area (Å²) in [6.07, 6.45) is 4.58. The van der Waals surface area contributed by atoms with Crippen LogP contribution in [0.2, 0.25) is 0 Å². The van der Waals surface area contributed by atoms with E-state index in [-0.39, 0.29) is 12.0 Å². The molecule has 94 valence electrons. The number of nitrogens with two attached hydrogens (primary N) is 1. The maximum atomic E-state index is 11.1. The van der Waals surface area contributed by atoms with Crippen LogP contribution < -0.4 is 11.1 Å². The highest BCUT2D eigenvalue weighted by atomic mass is 16.4. The Balaban J connectivity index is 2.58. The Kier molecular flexibility index (Phi) is 5.22. The maximum Gasteiger partial charge on any atom is 0.320 e. The van der Waals surface area contributed by atoms with E-state index >= 15 is 0 Å². The van der Waals surface area contributed by atoms with Gasteiger partial charge in [0.15, 0.2) is 0 Å². The Morgan fingerprint density at radius 1 is 1.44 bits per heavy atom. The van der Waals surface area contributed by atoms with Gasteiger partial charge in [0, 0.05) is 6.04 Å². The summed E-state index contributed by atoms with van der Waals surface area (Å²) >= 11 is 0. The van der Waals surface area contributed by atoms with Crippen molar-refractivity contribution in [3.05, 3.63) is 0 Å². The summed E-state index contributed by atoms with van der Waals surface area (Å²) in [5.74, 6) is -0.205.